The summed E-state index contributed by atoms with van der Waals surface area (Å²) >= 11 is 0. The first-order valence-electron chi connectivity index (χ1n) is 8.95. The molecule has 0 aliphatic heterocycles. The van der Waals surface area contributed by atoms with Crippen molar-refractivity contribution in [3.63, 3.8) is 0 Å². The quantitative estimate of drug-likeness (QED) is 0.747. The lowest BCUT2D eigenvalue weighted by Crippen LogP contribution is -2.59. The highest BCUT2D eigenvalue weighted by Gasteiger charge is 2.42. The van der Waals surface area contributed by atoms with Crippen LogP contribution in [-0.4, -0.2) is 22.5 Å². The van der Waals surface area contributed by atoms with Crippen LogP contribution in [0.1, 0.15) is 36.8 Å². The van der Waals surface area contributed by atoms with Gasteiger partial charge in [0.05, 0.1) is 0 Å². The number of pyridine rings is 1. The first kappa shape index (κ1) is 17.9. The highest BCUT2D eigenvalue weighted by Crippen LogP contribution is 2.30. The van der Waals surface area contributed by atoms with Crippen LogP contribution >= 0.6 is 0 Å². The Labute approximate surface area is 153 Å². The molecule has 1 aliphatic rings. The van der Waals surface area contributed by atoms with E-state index in [4.69, 9.17) is 0 Å². The molecule has 3 N–H and O–H groups in total. The van der Waals surface area contributed by atoms with E-state index in [-0.39, 0.29) is 11.9 Å². The zero-order valence-corrected chi connectivity index (χ0v) is 14.7. The van der Waals surface area contributed by atoms with Crippen LogP contribution in [0.2, 0.25) is 0 Å². The third-order valence-electron chi connectivity index (χ3n) is 4.72. The highest BCUT2D eigenvalue weighted by atomic mass is 16.2. The Kier molecular flexibility index (Phi) is 5.84. The second-order valence-electron chi connectivity index (χ2n) is 6.63. The number of nitrogens with one attached hydrogen (secondary N) is 3. The molecule has 0 radical (unpaired) electrons. The maximum Gasteiger partial charge on any atom is 0.315 e. The van der Waals surface area contributed by atoms with Crippen LogP contribution in [0.3, 0.4) is 0 Å². The molecule has 1 heterocycles. The van der Waals surface area contributed by atoms with Gasteiger partial charge in [-0.15, -0.1) is 0 Å². The van der Waals surface area contributed by atoms with E-state index < -0.39 is 5.54 Å². The van der Waals surface area contributed by atoms with E-state index in [1.165, 1.54) is 0 Å². The Morgan fingerprint density at radius 2 is 1.62 bits per heavy atom. The van der Waals surface area contributed by atoms with Crippen molar-refractivity contribution in [1.82, 2.24) is 20.9 Å². The van der Waals surface area contributed by atoms with Crippen molar-refractivity contribution in [3.8, 4) is 0 Å². The molecule has 1 saturated carbocycles. The minimum absolute atomic E-state index is 0.131. The molecule has 0 unspecified atom stereocenters. The van der Waals surface area contributed by atoms with E-state index in [0.29, 0.717) is 25.9 Å². The van der Waals surface area contributed by atoms with Crippen molar-refractivity contribution in [2.75, 3.05) is 0 Å². The van der Waals surface area contributed by atoms with Gasteiger partial charge in [0.25, 0.3) is 0 Å². The van der Waals surface area contributed by atoms with Crippen molar-refractivity contribution >= 4 is 11.9 Å². The zero-order valence-electron chi connectivity index (χ0n) is 14.7. The summed E-state index contributed by atoms with van der Waals surface area (Å²) < 4.78 is 0. The number of nitrogens with zero attached hydrogens (tertiary/aromatic N) is 1. The van der Waals surface area contributed by atoms with Gasteiger partial charge in [0.15, 0.2) is 0 Å². The van der Waals surface area contributed by atoms with Crippen molar-refractivity contribution in [3.05, 3.63) is 66.0 Å². The average Bonchev–Trinajstić information content (AvgIpc) is 3.16. The van der Waals surface area contributed by atoms with Crippen LogP contribution in [-0.2, 0) is 17.9 Å². The lowest BCUT2D eigenvalue weighted by atomic mass is 9.96. The molecule has 6 nitrogen and oxygen atoms in total. The Morgan fingerprint density at radius 3 is 2.31 bits per heavy atom. The van der Waals surface area contributed by atoms with E-state index in [2.05, 4.69) is 20.9 Å². The van der Waals surface area contributed by atoms with Gasteiger partial charge in [-0.1, -0.05) is 49.2 Å². The van der Waals surface area contributed by atoms with Crippen LogP contribution in [0.4, 0.5) is 4.79 Å². The molecule has 2 aromatic rings. The maximum atomic E-state index is 12.8. The molecule has 1 aromatic heterocycles. The molecule has 1 aromatic carbocycles. The molecule has 1 fully saturated rings. The summed E-state index contributed by atoms with van der Waals surface area (Å²) in [6.45, 7) is 0.835. The highest BCUT2D eigenvalue weighted by molar-refractivity contribution is 5.91. The third-order valence-corrected chi connectivity index (χ3v) is 4.72. The smallest absolute Gasteiger partial charge is 0.315 e. The fourth-order valence-corrected chi connectivity index (χ4v) is 3.28. The molecule has 1 aliphatic carbocycles. The second kappa shape index (κ2) is 8.47. The van der Waals surface area contributed by atoms with Crippen molar-refractivity contribution in [2.24, 2.45) is 0 Å². The normalized spacial score (nSPS) is 15.2. The molecule has 26 heavy (non-hydrogen) atoms. The number of carbonyl (C=O) groups is 2. The van der Waals surface area contributed by atoms with Gasteiger partial charge in [-0.05, 0) is 30.0 Å². The number of hydrogen-bond donors (Lipinski definition) is 3. The molecular formula is C20H24N4O2. The van der Waals surface area contributed by atoms with Gasteiger partial charge >= 0.3 is 6.03 Å². The fourth-order valence-electron chi connectivity index (χ4n) is 3.28. The van der Waals surface area contributed by atoms with Gasteiger partial charge in [-0.2, -0.15) is 0 Å². The zero-order chi connectivity index (χ0) is 18.2. The summed E-state index contributed by atoms with van der Waals surface area (Å²) in [5.74, 6) is -0.131. The van der Waals surface area contributed by atoms with E-state index in [0.717, 1.165) is 24.0 Å². The number of hydrogen-bond acceptors (Lipinski definition) is 3. The number of rotatable bonds is 6. The van der Waals surface area contributed by atoms with Crippen LogP contribution in [0.15, 0.2) is 54.9 Å². The van der Waals surface area contributed by atoms with Gasteiger partial charge in [0.2, 0.25) is 5.91 Å². The van der Waals surface area contributed by atoms with Crippen LogP contribution in [0.5, 0.6) is 0 Å². The van der Waals surface area contributed by atoms with E-state index in [1.54, 1.807) is 12.4 Å². The Hall–Kier alpha value is -2.89. The predicted octanol–water partition coefficient (Wildman–Crippen LogP) is 2.51. The Morgan fingerprint density at radius 1 is 0.923 bits per heavy atom. The first-order valence-corrected chi connectivity index (χ1v) is 8.95. The lowest BCUT2D eigenvalue weighted by molar-refractivity contribution is -0.127. The van der Waals surface area contributed by atoms with Crippen LogP contribution in [0, 0.1) is 0 Å². The van der Waals surface area contributed by atoms with Crippen molar-refractivity contribution < 1.29 is 9.59 Å². The summed E-state index contributed by atoms with van der Waals surface area (Å²) in [6, 6.07) is 13.1. The van der Waals surface area contributed by atoms with Crippen molar-refractivity contribution in [1.29, 1.82) is 0 Å². The van der Waals surface area contributed by atoms with Gasteiger partial charge in [-0.3, -0.25) is 9.78 Å². The number of amides is 3. The van der Waals surface area contributed by atoms with Crippen molar-refractivity contribution in [2.45, 2.75) is 44.3 Å². The van der Waals surface area contributed by atoms with E-state index in [1.807, 2.05) is 42.5 Å². The maximum absolute atomic E-state index is 12.8. The summed E-state index contributed by atoms with van der Waals surface area (Å²) in [5, 5.41) is 8.70. The standard InChI is InChI=1S/C20H24N4O2/c25-18(22-15-17-9-6-12-21-13-17)20(10-4-5-11-20)24-19(26)23-14-16-7-2-1-3-8-16/h1-3,6-9,12-13H,4-5,10-11,14-15H2,(H,22,25)(H2,23,24,26). The third kappa shape index (κ3) is 4.59. The van der Waals surface area contributed by atoms with Crippen LogP contribution in [0.25, 0.3) is 0 Å². The summed E-state index contributed by atoms with van der Waals surface area (Å²) in [6.07, 6.45) is 6.60. The monoisotopic (exact) mass is 352 g/mol. The second-order valence-corrected chi connectivity index (χ2v) is 6.63. The van der Waals surface area contributed by atoms with Gasteiger partial charge in [-0.25, -0.2) is 4.79 Å². The van der Waals surface area contributed by atoms with Gasteiger partial charge in [0.1, 0.15) is 5.54 Å². The van der Waals surface area contributed by atoms with Gasteiger partial charge < -0.3 is 16.0 Å². The largest absolute Gasteiger partial charge is 0.350 e. The summed E-state index contributed by atoms with van der Waals surface area (Å²) in [4.78, 5) is 29.2. The topological polar surface area (TPSA) is 83.1 Å². The Balaban J connectivity index is 1.56. The lowest BCUT2D eigenvalue weighted by Gasteiger charge is -2.29. The predicted molar refractivity (Wildman–Crippen MR) is 99.1 cm³/mol. The molecule has 6 heteroatoms. The fraction of sp³-hybridized carbons (Fsp3) is 0.350. The molecule has 136 valence electrons. The minimum Gasteiger partial charge on any atom is -0.350 e. The van der Waals surface area contributed by atoms with E-state index in [9.17, 15) is 9.59 Å². The minimum atomic E-state index is -0.830. The average molecular weight is 352 g/mol. The van der Waals surface area contributed by atoms with Gasteiger partial charge in [0, 0.05) is 25.5 Å². The SMILES string of the molecule is O=C(NCc1ccccc1)NC1(C(=O)NCc2cccnc2)CCCC1. The molecular weight excluding hydrogens is 328 g/mol. The molecule has 0 bridgehead atoms. The molecule has 0 atom stereocenters. The number of benzene rings is 1. The number of aromatic nitrogens is 1. The number of carbonyl (C=O) groups excluding carboxylic acids is 2. The van der Waals surface area contributed by atoms with E-state index >= 15 is 0 Å². The summed E-state index contributed by atoms with van der Waals surface area (Å²) in [7, 11) is 0. The molecule has 0 saturated heterocycles. The number of urea groups is 1. The molecule has 0 spiro atoms. The molecule has 3 amide bonds. The molecule has 3 rings (SSSR count). The Bertz CT molecular complexity index is 728. The van der Waals surface area contributed by atoms with Crippen LogP contribution < -0.4 is 16.0 Å². The summed E-state index contributed by atoms with van der Waals surface area (Å²) in [5.41, 5.74) is 1.12. The first-order chi connectivity index (χ1) is 12.7.